The van der Waals surface area contributed by atoms with Gasteiger partial charge in [-0.25, -0.2) is 8.42 Å². The molecule has 7 nitrogen and oxygen atoms in total. The number of nitrogens with zero attached hydrogens (tertiary/aromatic N) is 2. The first-order chi connectivity index (χ1) is 18.7. The van der Waals surface area contributed by atoms with Crippen LogP contribution in [0.4, 0.5) is 5.69 Å². The van der Waals surface area contributed by atoms with E-state index in [1.54, 1.807) is 30.3 Å². The van der Waals surface area contributed by atoms with Crippen LogP contribution in [0.5, 0.6) is 0 Å². The Kier molecular flexibility index (Phi) is 10.9. The number of hydrogen-bond donors (Lipinski definition) is 1. The molecule has 10 heteroatoms. The predicted molar refractivity (Wildman–Crippen MR) is 163 cm³/mol. The van der Waals surface area contributed by atoms with E-state index in [9.17, 15) is 18.0 Å². The van der Waals surface area contributed by atoms with Crippen LogP contribution >= 0.6 is 23.2 Å². The highest BCUT2D eigenvalue weighted by molar-refractivity contribution is 7.92. The summed E-state index contributed by atoms with van der Waals surface area (Å²) in [5.74, 6) is -0.779. The number of rotatable bonds is 10. The molecular formula is C30H41Cl2N3O4S. The van der Waals surface area contributed by atoms with E-state index in [0.717, 1.165) is 48.2 Å². The van der Waals surface area contributed by atoms with Crippen LogP contribution in [0.3, 0.4) is 0 Å². The van der Waals surface area contributed by atoms with Gasteiger partial charge in [0.05, 0.1) is 11.9 Å². The zero-order chi connectivity index (χ0) is 29.7. The number of benzene rings is 2. The summed E-state index contributed by atoms with van der Waals surface area (Å²) in [7, 11) is -3.83. The number of anilines is 1. The first-order valence-electron chi connectivity index (χ1n) is 13.8. The molecule has 2 amide bonds. The molecule has 0 aliphatic heterocycles. The molecule has 220 valence electrons. The molecule has 1 fully saturated rings. The standard InChI is InChI=1S/C30H41Cl2N3O4S/c1-6-27(29(37)33-22-11-8-7-9-12-22)34(19-24-25(31)13-10-14-26(24)32)28(36)20-35(40(5,38)39)23-17-15-21(16-18-23)30(2,3)4/h10,13-18,22,27H,6-9,11-12,19-20H2,1-5H3,(H,33,37)/t27-/m1/s1. The van der Waals surface area contributed by atoms with E-state index < -0.39 is 28.5 Å². The van der Waals surface area contributed by atoms with Gasteiger partial charge in [0.15, 0.2) is 0 Å². The third-order valence-electron chi connectivity index (χ3n) is 7.43. The van der Waals surface area contributed by atoms with Crippen molar-refractivity contribution in [1.29, 1.82) is 0 Å². The molecule has 0 bridgehead atoms. The van der Waals surface area contributed by atoms with Crippen molar-refractivity contribution in [2.45, 2.75) is 90.3 Å². The van der Waals surface area contributed by atoms with Gasteiger partial charge in [-0.3, -0.25) is 13.9 Å². The maximum atomic E-state index is 14.0. The van der Waals surface area contributed by atoms with E-state index >= 15 is 0 Å². The molecular weight excluding hydrogens is 569 g/mol. The summed E-state index contributed by atoms with van der Waals surface area (Å²) in [6.07, 6.45) is 6.47. The molecule has 3 rings (SSSR count). The van der Waals surface area contributed by atoms with E-state index in [1.165, 1.54) is 4.90 Å². The van der Waals surface area contributed by atoms with Crippen LogP contribution < -0.4 is 9.62 Å². The Morgan fingerprint density at radius 3 is 2.08 bits per heavy atom. The molecule has 0 aromatic heterocycles. The van der Waals surface area contributed by atoms with Crippen LogP contribution in [0.1, 0.15) is 77.3 Å². The van der Waals surface area contributed by atoms with Gasteiger partial charge in [-0.2, -0.15) is 0 Å². The molecule has 2 aromatic carbocycles. The van der Waals surface area contributed by atoms with Gasteiger partial charge in [-0.15, -0.1) is 0 Å². The highest BCUT2D eigenvalue weighted by atomic mass is 35.5. The summed E-state index contributed by atoms with van der Waals surface area (Å²) in [6, 6.07) is 11.4. The fourth-order valence-corrected chi connectivity index (χ4v) is 6.43. The second kappa shape index (κ2) is 13.6. The fourth-order valence-electron chi connectivity index (χ4n) is 5.06. The molecule has 1 aliphatic carbocycles. The lowest BCUT2D eigenvalue weighted by Gasteiger charge is -2.34. The molecule has 0 spiro atoms. The molecule has 0 unspecified atom stereocenters. The maximum Gasteiger partial charge on any atom is 0.244 e. The molecule has 2 aromatic rings. The van der Waals surface area contributed by atoms with Gasteiger partial charge in [0, 0.05) is 28.2 Å². The lowest BCUT2D eigenvalue weighted by atomic mass is 9.87. The molecule has 1 saturated carbocycles. The summed E-state index contributed by atoms with van der Waals surface area (Å²) < 4.78 is 26.9. The number of sulfonamides is 1. The number of nitrogens with one attached hydrogen (secondary N) is 1. The average molecular weight is 611 g/mol. The van der Waals surface area contributed by atoms with Crippen molar-refractivity contribution in [1.82, 2.24) is 10.2 Å². The van der Waals surface area contributed by atoms with Gasteiger partial charge < -0.3 is 10.2 Å². The number of carbonyl (C=O) groups excluding carboxylic acids is 2. The first kappa shape index (κ1) is 32.2. The quantitative estimate of drug-likeness (QED) is 0.342. The molecule has 0 saturated heterocycles. The lowest BCUT2D eigenvalue weighted by Crippen LogP contribution is -2.54. The van der Waals surface area contributed by atoms with E-state index in [-0.39, 0.29) is 23.9 Å². The highest BCUT2D eigenvalue weighted by Crippen LogP contribution is 2.29. The largest absolute Gasteiger partial charge is 0.352 e. The maximum absolute atomic E-state index is 14.0. The molecule has 1 N–H and O–H groups in total. The zero-order valence-corrected chi connectivity index (χ0v) is 26.4. The lowest BCUT2D eigenvalue weighted by molar-refractivity contribution is -0.140. The van der Waals surface area contributed by atoms with Crippen LogP contribution in [0, 0.1) is 0 Å². The van der Waals surface area contributed by atoms with Gasteiger partial charge >= 0.3 is 0 Å². The Bertz CT molecular complexity index is 1270. The third kappa shape index (κ3) is 8.37. The van der Waals surface area contributed by atoms with Crippen molar-refractivity contribution in [3.63, 3.8) is 0 Å². The van der Waals surface area contributed by atoms with Gasteiger partial charge in [0.25, 0.3) is 0 Å². The van der Waals surface area contributed by atoms with E-state index in [4.69, 9.17) is 23.2 Å². The minimum absolute atomic E-state index is 0.0332. The number of hydrogen-bond acceptors (Lipinski definition) is 4. The smallest absolute Gasteiger partial charge is 0.244 e. The topological polar surface area (TPSA) is 86.8 Å². The van der Waals surface area contributed by atoms with Crippen LogP contribution in [-0.2, 0) is 31.6 Å². The average Bonchev–Trinajstić information content (AvgIpc) is 2.88. The first-order valence-corrected chi connectivity index (χ1v) is 16.4. The van der Waals surface area contributed by atoms with Crippen LogP contribution in [-0.4, -0.2) is 50.0 Å². The summed E-state index contributed by atoms with van der Waals surface area (Å²) in [6.45, 7) is 7.54. The van der Waals surface area contributed by atoms with Crippen molar-refractivity contribution < 1.29 is 18.0 Å². The molecule has 40 heavy (non-hydrogen) atoms. The van der Waals surface area contributed by atoms with E-state index in [1.807, 2.05) is 19.1 Å². The van der Waals surface area contributed by atoms with Crippen LogP contribution in [0.15, 0.2) is 42.5 Å². The number of carbonyl (C=O) groups is 2. The minimum Gasteiger partial charge on any atom is -0.352 e. The van der Waals surface area contributed by atoms with Crippen molar-refractivity contribution >= 4 is 50.7 Å². The number of halogens is 2. The Morgan fingerprint density at radius 1 is 1.00 bits per heavy atom. The minimum atomic E-state index is -3.83. The zero-order valence-electron chi connectivity index (χ0n) is 24.0. The molecule has 0 radical (unpaired) electrons. The summed E-state index contributed by atoms with van der Waals surface area (Å²) >= 11 is 12.9. The van der Waals surface area contributed by atoms with Crippen LogP contribution in [0.2, 0.25) is 10.0 Å². The normalized spacial score (nSPS) is 15.4. The molecule has 0 heterocycles. The molecule has 1 aliphatic rings. The highest BCUT2D eigenvalue weighted by Gasteiger charge is 2.33. The Balaban J connectivity index is 1.96. The monoisotopic (exact) mass is 609 g/mol. The Labute approximate surface area is 249 Å². The van der Waals surface area contributed by atoms with Crippen molar-refractivity contribution in [3.05, 3.63) is 63.6 Å². The van der Waals surface area contributed by atoms with Gasteiger partial charge in [-0.1, -0.05) is 88.4 Å². The summed E-state index contributed by atoms with van der Waals surface area (Å²) in [5.41, 5.74) is 1.80. The van der Waals surface area contributed by atoms with Gasteiger partial charge in [0.2, 0.25) is 21.8 Å². The second-order valence-electron chi connectivity index (χ2n) is 11.6. The van der Waals surface area contributed by atoms with Crippen molar-refractivity contribution in [3.8, 4) is 0 Å². The summed E-state index contributed by atoms with van der Waals surface area (Å²) in [4.78, 5) is 28.9. The second-order valence-corrected chi connectivity index (χ2v) is 14.3. The van der Waals surface area contributed by atoms with E-state index in [0.29, 0.717) is 27.7 Å². The predicted octanol–water partition coefficient (Wildman–Crippen LogP) is 6.31. The third-order valence-corrected chi connectivity index (χ3v) is 9.28. The SMILES string of the molecule is CC[C@H](C(=O)NC1CCCCC1)N(Cc1c(Cl)cccc1Cl)C(=O)CN(c1ccc(C(C)(C)C)cc1)S(C)(=O)=O. The van der Waals surface area contributed by atoms with Crippen LogP contribution in [0.25, 0.3) is 0 Å². The number of amides is 2. The van der Waals surface area contributed by atoms with Gasteiger partial charge in [0.1, 0.15) is 12.6 Å². The molecule has 1 atom stereocenters. The fraction of sp³-hybridized carbons (Fsp3) is 0.533. The summed E-state index contributed by atoms with van der Waals surface area (Å²) in [5, 5.41) is 3.86. The Hall–Kier alpha value is -2.29. The van der Waals surface area contributed by atoms with Crippen molar-refractivity contribution in [2.24, 2.45) is 0 Å². The van der Waals surface area contributed by atoms with Crippen molar-refractivity contribution in [2.75, 3.05) is 17.1 Å². The van der Waals surface area contributed by atoms with E-state index in [2.05, 4.69) is 26.1 Å². The van der Waals surface area contributed by atoms with Gasteiger partial charge in [-0.05, 0) is 54.5 Å². The Morgan fingerprint density at radius 2 is 1.57 bits per heavy atom.